The number of amides is 1. The molecular weight excluding hydrogens is 340 g/mol. The number of nitrogens with two attached hydrogens (primary N) is 1. The Balaban J connectivity index is 1.89. The molecule has 25 heavy (non-hydrogen) atoms. The van der Waals surface area contributed by atoms with Crippen molar-refractivity contribution in [3.8, 4) is 17.0 Å². The van der Waals surface area contributed by atoms with Crippen LogP contribution < -0.4 is 21.3 Å². The highest BCUT2D eigenvalue weighted by Gasteiger charge is 2.14. The van der Waals surface area contributed by atoms with Crippen molar-refractivity contribution in [3.05, 3.63) is 57.3 Å². The molecule has 1 amide bonds. The van der Waals surface area contributed by atoms with Crippen LogP contribution in [0.2, 0.25) is 0 Å². The maximum atomic E-state index is 11.8. The van der Waals surface area contributed by atoms with E-state index in [1.54, 1.807) is 14.0 Å². The van der Waals surface area contributed by atoms with Crippen molar-refractivity contribution < 1.29 is 9.53 Å². The molecule has 2 aromatic heterocycles. The number of aryl methyl sites for hydroxylation is 1. The molecule has 7 nitrogen and oxygen atoms in total. The van der Waals surface area contributed by atoms with E-state index in [4.69, 9.17) is 10.5 Å². The molecule has 0 unspecified atom stereocenters. The third-order valence-electron chi connectivity index (χ3n) is 3.63. The third-order valence-corrected chi connectivity index (χ3v) is 4.38. The summed E-state index contributed by atoms with van der Waals surface area (Å²) in [4.78, 5) is 30.3. The van der Waals surface area contributed by atoms with E-state index in [1.807, 2.05) is 29.6 Å². The summed E-state index contributed by atoms with van der Waals surface area (Å²) in [6.45, 7) is 1.75. The van der Waals surface area contributed by atoms with Gasteiger partial charge in [0, 0.05) is 22.3 Å². The van der Waals surface area contributed by atoms with Crippen molar-refractivity contribution in [2.24, 2.45) is 5.73 Å². The lowest BCUT2D eigenvalue weighted by Gasteiger charge is -2.05. The minimum Gasteiger partial charge on any atom is -0.497 e. The van der Waals surface area contributed by atoms with Gasteiger partial charge >= 0.3 is 0 Å². The number of ether oxygens (including phenoxy) is 1. The molecule has 1 aromatic carbocycles. The second kappa shape index (κ2) is 6.78. The van der Waals surface area contributed by atoms with E-state index < -0.39 is 11.5 Å². The van der Waals surface area contributed by atoms with E-state index in [0.29, 0.717) is 22.1 Å². The Morgan fingerprint density at radius 2 is 2.04 bits per heavy atom. The summed E-state index contributed by atoms with van der Waals surface area (Å²) < 4.78 is 5.13. The van der Waals surface area contributed by atoms with Gasteiger partial charge < -0.3 is 20.8 Å². The number of pyridine rings is 1. The second-order valence-electron chi connectivity index (χ2n) is 5.31. The molecule has 0 aliphatic carbocycles. The van der Waals surface area contributed by atoms with Crippen LogP contribution in [0.3, 0.4) is 0 Å². The minimum absolute atomic E-state index is 0.0849. The van der Waals surface area contributed by atoms with E-state index in [1.165, 1.54) is 17.4 Å². The highest BCUT2D eigenvalue weighted by atomic mass is 32.1. The standard InChI is InChI=1S/C17H16N4O3S/c1-9-12(7-13(15(18)22)16(23)19-9)14-8-25-17(21-14)20-10-3-5-11(24-2)6-4-10/h3-8H,1-2H3,(H2,18,22)(H,19,23)(H,20,21). The fourth-order valence-electron chi connectivity index (χ4n) is 2.32. The number of carbonyl (C=O) groups is 1. The average Bonchev–Trinajstić information content (AvgIpc) is 3.03. The summed E-state index contributed by atoms with van der Waals surface area (Å²) in [6, 6.07) is 8.94. The monoisotopic (exact) mass is 356 g/mol. The van der Waals surface area contributed by atoms with Gasteiger partial charge in [0.25, 0.3) is 11.5 Å². The fourth-order valence-corrected chi connectivity index (χ4v) is 3.06. The molecular formula is C17H16N4O3S. The van der Waals surface area contributed by atoms with Gasteiger partial charge in [0.15, 0.2) is 5.13 Å². The van der Waals surface area contributed by atoms with Gasteiger partial charge in [-0.25, -0.2) is 4.98 Å². The van der Waals surface area contributed by atoms with Crippen LogP contribution in [0.15, 0.2) is 40.5 Å². The molecule has 0 bridgehead atoms. The first-order valence-electron chi connectivity index (χ1n) is 7.38. The first-order valence-corrected chi connectivity index (χ1v) is 8.26. The lowest BCUT2D eigenvalue weighted by atomic mass is 10.1. The zero-order chi connectivity index (χ0) is 18.0. The van der Waals surface area contributed by atoms with Gasteiger partial charge in [0.1, 0.15) is 11.3 Å². The van der Waals surface area contributed by atoms with Crippen molar-refractivity contribution in [1.29, 1.82) is 0 Å². The molecule has 3 rings (SSSR count). The highest BCUT2D eigenvalue weighted by molar-refractivity contribution is 7.14. The molecule has 2 heterocycles. The summed E-state index contributed by atoms with van der Waals surface area (Å²) in [5, 5.41) is 5.73. The van der Waals surface area contributed by atoms with E-state index >= 15 is 0 Å². The molecule has 0 fully saturated rings. The van der Waals surface area contributed by atoms with Crippen LogP contribution in [0.5, 0.6) is 5.75 Å². The normalized spacial score (nSPS) is 10.5. The molecule has 0 radical (unpaired) electrons. The number of methoxy groups -OCH3 is 1. The van der Waals surface area contributed by atoms with Crippen molar-refractivity contribution in [3.63, 3.8) is 0 Å². The zero-order valence-corrected chi connectivity index (χ0v) is 14.4. The van der Waals surface area contributed by atoms with Crippen molar-refractivity contribution in [2.45, 2.75) is 6.92 Å². The van der Waals surface area contributed by atoms with Crippen molar-refractivity contribution in [1.82, 2.24) is 9.97 Å². The van der Waals surface area contributed by atoms with Gasteiger partial charge in [-0.1, -0.05) is 0 Å². The van der Waals surface area contributed by atoms with Crippen LogP contribution in [-0.4, -0.2) is 23.0 Å². The van der Waals surface area contributed by atoms with Crippen molar-refractivity contribution >= 4 is 28.1 Å². The summed E-state index contributed by atoms with van der Waals surface area (Å²) in [5.41, 5.74) is 7.46. The Morgan fingerprint density at radius 3 is 2.68 bits per heavy atom. The van der Waals surface area contributed by atoms with Crippen LogP contribution in [0, 0.1) is 6.92 Å². The Kier molecular flexibility index (Phi) is 4.53. The SMILES string of the molecule is COc1ccc(Nc2nc(-c3cc(C(N)=O)c(=O)[nH]c3C)cs2)cc1. The van der Waals surface area contributed by atoms with Crippen LogP contribution in [0.1, 0.15) is 16.1 Å². The van der Waals surface area contributed by atoms with Gasteiger partial charge in [-0.15, -0.1) is 11.3 Å². The first-order chi connectivity index (χ1) is 12.0. The van der Waals surface area contributed by atoms with Gasteiger partial charge in [0.2, 0.25) is 0 Å². The summed E-state index contributed by atoms with van der Waals surface area (Å²) in [5.74, 6) is 0.00235. The van der Waals surface area contributed by atoms with Gasteiger partial charge in [-0.2, -0.15) is 0 Å². The number of thiazole rings is 1. The molecule has 0 aliphatic rings. The predicted octanol–water partition coefficient (Wildman–Crippen LogP) is 2.66. The number of carbonyl (C=O) groups excluding carboxylic acids is 1. The lowest BCUT2D eigenvalue weighted by molar-refractivity contribution is 0.0999. The highest BCUT2D eigenvalue weighted by Crippen LogP contribution is 2.29. The molecule has 0 spiro atoms. The number of aromatic amines is 1. The number of nitrogens with zero attached hydrogens (tertiary/aromatic N) is 1. The average molecular weight is 356 g/mol. The molecule has 0 saturated carbocycles. The molecule has 0 saturated heterocycles. The quantitative estimate of drug-likeness (QED) is 0.651. The summed E-state index contributed by atoms with van der Waals surface area (Å²) in [7, 11) is 1.61. The number of nitrogens with one attached hydrogen (secondary N) is 2. The molecule has 128 valence electrons. The number of primary amides is 1. The Bertz CT molecular complexity index is 976. The number of benzene rings is 1. The number of hydrogen-bond acceptors (Lipinski definition) is 6. The largest absolute Gasteiger partial charge is 0.497 e. The lowest BCUT2D eigenvalue weighted by Crippen LogP contribution is -2.24. The van der Waals surface area contributed by atoms with Crippen LogP contribution in [0.4, 0.5) is 10.8 Å². The number of H-pyrrole nitrogens is 1. The predicted molar refractivity (Wildman–Crippen MR) is 97.7 cm³/mol. The van der Waals surface area contributed by atoms with Gasteiger partial charge in [-0.3, -0.25) is 9.59 Å². The molecule has 8 heteroatoms. The Morgan fingerprint density at radius 1 is 1.32 bits per heavy atom. The molecule has 0 atom stereocenters. The van der Waals surface area contributed by atoms with Crippen LogP contribution >= 0.6 is 11.3 Å². The fraction of sp³-hybridized carbons (Fsp3) is 0.118. The van der Waals surface area contributed by atoms with E-state index in [9.17, 15) is 9.59 Å². The molecule has 3 aromatic rings. The van der Waals surface area contributed by atoms with Gasteiger partial charge in [0.05, 0.1) is 12.8 Å². The van der Waals surface area contributed by atoms with Crippen LogP contribution in [0.25, 0.3) is 11.3 Å². The third kappa shape index (κ3) is 3.53. The second-order valence-corrected chi connectivity index (χ2v) is 6.16. The maximum absolute atomic E-state index is 11.8. The molecule has 4 N–H and O–H groups in total. The van der Waals surface area contributed by atoms with E-state index in [0.717, 1.165) is 11.4 Å². The Hall–Kier alpha value is -3.13. The number of rotatable bonds is 5. The minimum atomic E-state index is -0.769. The van der Waals surface area contributed by atoms with Crippen molar-refractivity contribution in [2.75, 3.05) is 12.4 Å². The Labute approximate surface area is 147 Å². The topological polar surface area (TPSA) is 110 Å². The van der Waals surface area contributed by atoms with Gasteiger partial charge in [-0.05, 0) is 37.3 Å². The van der Waals surface area contributed by atoms with E-state index in [-0.39, 0.29) is 5.56 Å². The number of hydrogen-bond donors (Lipinski definition) is 3. The first kappa shape index (κ1) is 16.7. The smallest absolute Gasteiger partial charge is 0.261 e. The maximum Gasteiger partial charge on any atom is 0.261 e. The molecule has 0 aliphatic heterocycles. The summed E-state index contributed by atoms with van der Waals surface area (Å²) in [6.07, 6.45) is 0. The van der Waals surface area contributed by atoms with E-state index in [2.05, 4.69) is 15.3 Å². The summed E-state index contributed by atoms with van der Waals surface area (Å²) >= 11 is 1.41. The number of anilines is 2. The zero-order valence-electron chi connectivity index (χ0n) is 13.6. The van der Waals surface area contributed by atoms with Crippen LogP contribution in [-0.2, 0) is 0 Å². The number of aromatic nitrogens is 2.